The first-order valence-corrected chi connectivity index (χ1v) is 5.46. The molecule has 6 heteroatoms. The second-order valence-corrected chi connectivity index (χ2v) is 3.97. The molecule has 0 aliphatic heterocycles. The first-order valence-electron chi connectivity index (χ1n) is 5.46. The van der Waals surface area contributed by atoms with Crippen LogP contribution >= 0.6 is 0 Å². The number of anilines is 1. The maximum atomic E-state index is 13.8. The first-order chi connectivity index (χ1) is 8.99. The van der Waals surface area contributed by atoms with Gasteiger partial charge >= 0.3 is 0 Å². The molecule has 5 nitrogen and oxygen atoms in total. The van der Waals surface area contributed by atoms with Gasteiger partial charge in [-0.05, 0) is 24.6 Å². The average molecular weight is 262 g/mol. The number of aryl methyl sites for hydroxylation is 1. The van der Waals surface area contributed by atoms with E-state index in [2.05, 4.69) is 0 Å². The highest BCUT2D eigenvalue weighted by Crippen LogP contribution is 2.32. The van der Waals surface area contributed by atoms with Crippen LogP contribution in [-0.4, -0.2) is 4.92 Å². The largest absolute Gasteiger partial charge is 0.452 e. The number of nitrogens with two attached hydrogens (primary N) is 1. The number of nitro benzene ring substituents is 1. The topological polar surface area (TPSA) is 78.4 Å². The minimum atomic E-state index is -0.562. The molecule has 0 atom stereocenters. The summed E-state index contributed by atoms with van der Waals surface area (Å²) >= 11 is 0. The molecule has 0 saturated carbocycles. The number of ether oxygens (including phenoxy) is 1. The van der Waals surface area contributed by atoms with E-state index in [1.807, 2.05) is 0 Å². The van der Waals surface area contributed by atoms with E-state index < -0.39 is 10.7 Å². The van der Waals surface area contributed by atoms with Crippen molar-refractivity contribution in [2.24, 2.45) is 0 Å². The lowest BCUT2D eigenvalue weighted by Gasteiger charge is -2.10. The molecule has 0 aromatic heterocycles. The molecule has 2 aromatic rings. The summed E-state index contributed by atoms with van der Waals surface area (Å²) in [5, 5.41) is 10.6. The number of nitro groups is 1. The molecule has 0 heterocycles. The lowest BCUT2D eigenvalue weighted by molar-refractivity contribution is -0.384. The molecule has 0 unspecified atom stereocenters. The molecule has 0 fully saturated rings. The van der Waals surface area contributed by atoms with E-state index in [1.165, 1.54) is 24.3 Å². The number of nitrogen functional groups attached to an aromatic ring is 1. The molecule has 0 radical (unpaired) electrons. The van der Waals surface area contributed by atoms with Crippen molar-refractivity contribution >= 4 is 11.4 Å². The van der Waals surface area contributed by atoms with Crippen LogP contribution in [0.4, 0.5) is 15.8 Å². The summed E-state index contributed by atoms with van der Waals surface area (Å²) in [5.74, 6) is -0.282. The van der Waals surface area contributed by atoms with Gasteiger partial charge in [-0.1, -0.05) is 12.1 Å². The maximum Gasteiger partial charge on any atom is 0.271 e. The van der Waals surface area contributed by atoms with Crippen LogP contribution in [0.15, 0.2) is 36.4 Å². The average Bonchev–Trinajstić information content (AvgIpc) is 2.37. The Labute approximate surface area is 108 Å². The number of non-ortho nitro benzene ring substituents is 1. The van der Waals surface area contributed by atoms with Gasteiger partial charge in [0.15, 0.2) is 17.3 Å². The number of nitrogens with zero attached hydrogens (tertiary/aromatic N) is 1. The smallest absolute Gasteiger partial charge is 0.271 e. The Hall–Kier alpha value is -2.63. The van der Waals surface area contributed by atoms with Crippen LogP contribution in [0.25, 0.3) is 0 Å². The molecule has 0 bridgehead atoms. The Balaban J connectivity index is 2.34. The maximum absolute atomic E-state index is 13.8. The number of rotatable bonds is 3. The van der Waals surface area contributed by atoms with E-state index >= 15 is 0 Å². The van der Waals surface area contributed by atoms with Crippen LogP contribution in [0.2, 0.25) is 0 Å². The highest BCUT2D eigenvalue weighted by atomic mass is 19.1. The molecule has 0 amide bonds. The summed E-state index contributed by atoms with van der Waals surface area (Å²) in [7, 11) is 0. The van der Waals surface area contributed by atoms with Gasteiger partial charge in [-0.3, -0.25) is 10.1 Å². The Kier molecular flexibility index (Phi) is 3.33. The van der Waals surface area contributed by atoms with Crippen molar-refractivity contribution in [2.45, 2.75) is 6.92 Å². The van der Waals surface area contributed by atoms with Gasteiger partial charge in [0.1, 0.15) is 0 Å². The molecule has 19 heavy (non-hydrogen) atoms. The predicted octanol–water partition coefficient (Wildman–Crippen LogP) is 3.42. The summed E-state index contributed by atoms with van der Waals surface area (Å²) in [4.78, 5) is 10.0. The zero-order valence-electron chi connectivity index (χ0n) is 10.1. The Morgan fingerprint density at radius 3 is 2.63 bits per heavy atom. The van der Waals surface area contributed by atoms with Crippen molar-refractivity contribution in [1.29, 1.82) is 0 Å². The Bertz CT molecular complexity index is 644. The van der Waals surface area contributed by atoms with E-state index in [4.69, 9.17) is 10.5 Å². The van der Waals surface area contributed by atoms with E-state index in [-0.39, 0.29) is 22.9 Å². The van der Waals surface area contributed by atoms with Gasteiger partial charge in [0.25, 0.3) is 5.69 Å². The van der Waals surface area contributed by atoms with Crippen molar-refractivity contribution in [2.75, 3.05) is 5.73 Å². The third-order valence-corrected chi connectivity index (χ3v) is 2.58. The molecule has 98 valence electrons. The molecule has 2 rings (SSSR count). The van der Waals surface area contributed by atoms with Crippen LogP contribution in [0.1, 0.15) is 5.56 Å². The van der Waals surface area contributed by atoms with E-state index in [9.17, 15) is 14.5 Å². The second-order valence-electron chi connectivity index (χ2n) is 3.97. The van der Waals surface area contributed by atoms with Crippen LogP contribution in [-0.2, 0) is 0 Å². The fourth-order valence-electron chi connectivity index (χ4n) is 1.56. The molecule has 0 aliphatic carbocycles. The van der Waals surface area contributed by atoms with Crippen molar-refractivity contribution in [1.82, 2.24) is 0 Å². The molecular formula is C13H11FN2O3. The van der Waals surface area contributed by atoms with Crippen molar-refractivity contribution in [3.8, 4) is 11.5 Å². The van der Waals surface area contributed by atoms with Crippen molar-refractivity contribution in [3.63, 3.8) is 0 Å². The third-order valence-electron chi connectivity index (χ3n) is 2.58. The number of benzene rings is 2. The second kappa shape index (κ2) is 4.93. The van der Waals surface area contributed by atoms with Gasteiger partial charge in [0.2, 0.25) is 0 Å². The van der Waals surface area contributed by atoms with Crippen LogP contribution in [0, 0.1) is 22.9 Å². The third kappa shape index (κ3) is 2.62. The van der Waals surface area contributed by atoms with Gasteiger partial charge in [-0.15, -0.1) is 0 Å². The summed E-state index contributed by atoms with van der Waals surface area (Å²) in [6, 6.07) is 8.48. The molecule has 2 aromatic carbocycles. The predicted molar refractivity (Wildman–Crippen MR) is 68.7 cm³/mol. The fraction of sp³-hybridized carbons (Fsp3) is 0.0769. The summed E-state index contributed by atoms with van der Waals surface area (Å²) < 4.78 is 19.1. The van der Waals surface area contributed by atoms with Gasteiger partial charge in [-0.2, -0.15) is 0 Å². The molecule has 2 N–H and O–H groups in total. The zero-order valence-corrected chi connectivity index (χ0v) is 10.1. The molecule has 0 spiro atoms. The van der Waals surface area contributed by atoms with Crippen LogP contribution in [0.5, 0.6) is 11.5 Å². The van der Waals surface area contributed by atoms with Crippen LogP contribution in [0.3, 0.4) is 0 Å². The highest BCUT2D eigenvalue weighted by molar-refractivity contribution is 5.59. The molecule has 0 aliphatic rings. The Morgan fingerprint density at radius 2 is 2.00 bits per heavy atom. The molecular weight excluding hydrogens is 251 g/mol. The number of hydrogen-bond acceptors (Lipinski definition) is 4. The van der Waals surface area contributed by atoms with Crippen molar-refractivity contribution in [3.05, 3.63) is 57.9 Å². The van der Waals surface area contributed by atoms with Gasteiger partial charge in [-0.25, -0.2) is 4.39 Å². The zero-order chi connectivity index (χ0) is 14.0. The van der Waals surface area contributed by atoms with Gasteiger partial charge in [0.05, 0.1) is 10.6 Å². The lowest BCUT2D eigenvalue weighted by atomic mass is 10.2. The quantitative estimate of drug-likeness (QED) is 0.522. The minimum absolute atomic E-state index is 0.0283. The SMILES string of the molecule is Cc1cccc(Oc2ccc([N+](=O)[O-])cc2N)c1F. The van der Waals surface area contributed by atoms with Gasteiger partial charge in [0, 0.05) is 12.1 Å². The highest BCUT2D eigenvalue weighted by Gasteiger charge is 2.12. The fourth-order valence-corrected chi connectivity index (χ4v) is 1.56. The standard InChI is InChI=1S/C13H11FN2O3/c1-8-3-2-4-12(13(8)14)19-11-6-5-9(16(17)18)7-10(11)15/h2-7H,15H2,1H3. The number of hydrogen-bond donors (Lipinski definition) is 1. The van der Waals surface area contributed by atoms with E-state index in [0.29, 0.717) is 5.56 Å². The number of halogens is 1. The van der Waals surface area contributed by atoms with E-state index in [1.54, 1.807) is 19.1 Å². The monoisotopic (exact) mass is 262 g/mol. The lowest BCUT2D eigenvalue weighted by Crippen LogP contribution is -1.96. The van der Waals surface area contributed by atoms with Crippen LogP contribution < -0.4 is 10.5 Å². The normalized spacial score (nSPS) is 10.2. The summed E-state index contributed by atoms with van der Waals surface area (Å²) in [6.07, 6.45) is 0. The summed E-state index contributed by atoms with van der Waals surface area (Å²) in [6.45, 7) is 1.61. The van der Waals surface area contributed by atoms with Crippen molar-refractivity contribution < 1.29 is 14.1 Å². The summed E-state index contributed by atoms with van der Waals surface area (Å²) in [5.41, 5.74) is 6.02. The van der Waals surface area contributed by atoms with E-state index in [0.717, 1.165) is 0 Å². The Morgan fingerprint density at radius 1 is 1.26 bits per heavy atom. The molecule has 0 saturated heterocycles. The minimum Gasteiger partial charge on any atom is -0.452 e. The van der Waals surface area contributed by atoms with Gasteiger partial charge < -0.3 is 10.5 Å². The first kappa shape index (κ1) is 12.8.